The normalized spacial score (nSPS) is 19.2. The van der Waals surface area contributed by atoms with E-state index in [2.05, 4.69) is 29.2 Å². The molecule has 122 valence electrons. The maximum Gasteiger partial charge on any atom is 0.235 e. The molecule has 0 radical (unpaired) electrons. The van der Waals surface area contributed by atoms with Gasteiger partial charge in [0.25, 0.3) is 0 Å². The van der Waals surface area contributed by atoms with Gasteiger partial charge >= 0.3 is 0 Å². The van der Waals surface area contributed by atoms with Crippen molar-refractivity contribution in [2.45, 2.75) is 39.7 Å². The van der Waals surface area contributed by atoms with Crippen LogP contribution in [-0.4, -0.2) is 26.6 Å². The molecule has 0 saturated carbocycles. The van der Waals surface area contributed by atoms with Crippen molar-refractivity contribution < 1.29 is 4.79 Å². The molecule has 0 saturated heterocycles. The van der Waals surface area contributed by atoms with Gasteiger partial charge in [-0.1, -0.05) is 19.9 Å². The van der Waals surface area contributed by atoms with Crippen LogP contribution in [0, 0.1) is 12.3 Å². The van der Waals surface area contributed by atoms with Crippen molar-refractivity contribution in [2.24, 2.45) is 5.41 Å². The van der Waals surface area contributed by atoms with Gasteiger partial charge in [0.2, 0.25) is 5.91 Å². The molecular formula is C17H21ClN4O. The summed E-state index contributed by atoms with van der Waals surface area (Å²) in [5, 5.41) is 7.72. The number of halogens is 1. The minimum Gasteiger partial charge on any atom is -0.348 e. The van der Waals surface area contributed by atoms with Crippen LogP contribution in [0.5, 0.6) is 0 Å². The summed E-state index contributed by atoms with van der Waals surface area (Å²) in [7, 11) is 0. The Labute approximate surface area is 141 Å². The van der Waals surface area contributed by atoms with Gasteiger partial charge in [-0.15, -0.1) is 11.6 Å². The molecule has 3 rings (SSSR count). The van der Waals surface area contributed by atoms with E-state index in [1.807, 2.05) is 29.8 Å². The van der Waals surface area contributed by atoms with E-state index < -0.39 is 0 Å². The zero-order valence-electron chi connectivity index (χ0n) is 13.6. The van der Waals surface area contributed by atoms with Crippen molar-refractivity contribution in [2.75, 3.05) is 5.88 Å². The molecule has 1 N–H and O–H groups in total. The smallest absolute Gasteiger partial charge is 0.235 e. The highest BCUT2D eigenvalue weighted by Gasteiger charge is 2.37. The summed E-state index contributed by atoms with van der Waals surface area (Å²) in [6, 6.07) is 5.73. The maximum atomic E-state index is 11.8. The Morgan fingerprint density at radius 2 is 2.26 bits per heavy atom. The number of aromatic nitrogens is 3. The first-order valence-electron chi connectivity index (χ1n) is 7.76. The number of amides is 1. The minimum atomic E-state index is -0.148. The van der Waals surface area contributed by atoms with Crippen molar-refractivity contribution in [1.82, 2.24) is 20.1 Å². The predicted octanol–water partition coefficient (Wildman–Crippen LogP) is 2.94. The third-order valence-corrected chi connectivity index (χ3v) is 4.52. The van der Waals surface area contributed by atoms with Gasteiger partial charge in [-0.25, -0.2) is 9.67 Å². The SMILES string of the molecule is Cc1nn(-c2ccccn2)c2c1C(NC(=O)CCl)CC(C)(C)C2. The van der Waals surface area contributed by atoms with E-state index >= 15 is 0 Å². The summed E-state index contributed by atoms with van der Waals surface area (Å²) in [6.07, 6.45) is 3.53. The first kappa shape index (κ1) is 16.0. The molecule has 1 amide bonds. The second kappa shape index (κ2) is 5.96. The van der Waals surface area contributed by atoms with Crippen molar-refractivity contribution >= 4 is 17.5 Å². The fraction of sp³-hybridized carbons (Fsp3) is 0.471. The standard InChI is InChI=1S/C17H21ClN4O/c1-11-16-12(20-15(23)10-18)8-17(2,3)9-13(16)22(21-11)14-6-4-5-7-19-14/h4-7,12H,8-10H2,1-3H3,(H,20,23). The number of nitrogens with zero attached hydrogens (tertiary/aromatic N) is 3. The number of pyridine rings is 1. The molecule has 0 spiro atoms. The van der Waals surface area contributed by atoms with Crippen molar-refractivity contribution in [3.8, 4) is 5.82 Å². The molecular weight excluding hydrogens is 312 g/mol. The van der Waals surface area contributed by atoms with Crippen LogP contribution in [0.4, 0.5) is 0 Å². The zero-order valence-corrected chi connectivity index (χ0v) is 14.4. The number of carbonyl (C=O) groups excluding carboxylic acids is 1. The average Bonchev–Trinajstić information content (AvgIpc) is 2.83. The molecule has 1 atom stereocenters. The number of alkyl halides is 1. The predicted molar refractivity (Wildman–Crippen MR) is 89.8 cm³/mol. The van der Waals surface area contributed by atoms with Crippen LogP contribution < -0.4 is 5.32 Å². The van der Waals surface area contributed by atoms with Crippen molar-refractivity contribution in [3.63, 3.8) is 0 Å². The van der Waals surface area contributed by atoms with Crippen molar-refractivity contribution in [1.29, 1.82) is 0 Å². The van der Waals surface area contributed by atoms with Gasteiger partial charge in [-0.3, -0.25) is 4.79 Å². The molecule has 2 aromatic rings. The lowest BCUT2D eigenvalue weighted by Crippen LogP contribution is -2.37. The van der Waals surface area contributed by atoms with E-state index in [1.165, 1.54) is 0 Å². The van der Waals surface area contributed by atoms with E-state index in [4.69, 9.17) is 11.6 Å². The molecule has 5 nitrogen and oxygen atoms in total. The van der Waals surface area contributed by atoms with Gasteiger partial charge in [-0.05, 0) is 37.3 Å². The Bertz CT molecular complexity index is 724. The van der Waals surface area contributed by atoms with Crippen LogP contribution in [0.3, 0.4) is 0 Å². The number of hydrogen-bond donors (Lipinski definition) is 1. The van der Waals surface area contributed by atoms with Gasteiger partial charge in [0.15, 0.2) is 5.82 Å². The first-order chi connectivity index (χ1) is 10.9. The Kier molecular flexibility index (Phi) is 4.15. The fourth-order valence-electron chi connectivity index (χ4n) is 3.42. The van der Waals surface area contributed by atoms with Gasteiger partial charge in [-0.2, -0.15) is 5.10 Å². The lowest BCUT2D eigenvalue weighted by Gasteiger charge is -2.36. The molecule has 23 heavy (non-hydrogen) atoms. The molecule has 2 heterocycles. The fourth-order valence-corrected chi connectivity index (χ4v) is 3.49. The quantitative estimate of drug-likeness (QED) is 0.879. The lowest BCUT2D eigenvalue weighted by molar-refractivity contribution is -0.119. The van der Waals surface area contributed by atoms with Gasteiger partial charge in [0, 0.05) is 11.8 Å². The van der Waals surface area contributed by atoms with E-state index in [0.717, 1.165) is 35.6 Å². The molecule has 0 aliphatic heterocycles. The van der Waals surface area contributed by atoms with Crippen LogP contribution in [0.25, 0.3) is 5.82 Å². The van der Waals surface area contributed by atoms with Crippen LogP contribution in [0.2, 0.25) is 0 Å². The third-order valence-electron chi connectivity index (χ3n) is 4.28. The Balaban J connectivity index is 2.09. The van der Waals surface area contributed by atoms with E-state index in [-0.39, 0.29) is 23.2 Å². The van der Waals surface area contributed by atoms with E-state index in [9.17, 15) is 4.79 Å². The summed E-state index contributed by atoms with van der Waals surface area (Å²) in [5.41, 5.74) is 3.22. The number of carbonyl (C=O) groups is 1. The Morgan fingerprint density at radius 3 is 2.91 bits per heavy atom. The van der Waals surface area contributed by atoms with Gasteiger partial charge in [0.05, 0.1) is 17.4 Å². The molecule has 1 aliphatic rings. The number of nitrogens with one attached hydrogen (secondary N) is 1. The summed E-state index contributed by atoms with van der Waals surface area (Å²) in [6.45, 7) is 6.40. The van der Waals surface area contributed by atoms with Crippen LogP contribution in [-0.2, 0) is 11.2 Å². The molecule has 0 aromatic carbocycles. The third kappa shape index (κ3) is 3.11. The topological polar surface area (TPSA) is 59.8 Å². The second-order valence-corrected chi connectivity index (χ2v) is 7.11. The molecule has 2 aromatic heterocycles. The monoisotopic (exact) mass is 332 g/mol. The van der Waals surface area contributed by atoms with Gasteiger partial charge in [0.1, 0.15) is 5.88 Å². The number of fused-ring (bicyclic) bond motifs is 1. The molecule has 1 unspecified atom stereocenters. The highest BCUT2D eigenvalue weighted by molar-refractivity contribution is 6.27. The Morgan fingerprint density at radius 1 is 1.48 bits per heavy atom. The zero-order chi connectivity index (χ0) is 16.6. The van der Waals surface area contributed by atoms with Crippen molar-refractivity contribution in [3.05, 3.63) is 41.3 Å². The number of hydrogen-bond acceptors (Lipinski definition) is 3. The number of rotatable bonds is 3. The summed E-state index contributed by atoms with van der Waals surface area (Å²) < 4.78 is 1.91. The molecule has 0 bridgehead atoms. The van der Waals surface area contributed by atoms with Crippen LogP contribution >= 0.6 is 11.6 Å². The second-order valence-electron chi connectivity index (χ2n) is 6.84. The first-order valence-corrected chi connectivity index (χ1v) is 8.30. The maximum absolute atomic E-state index is 11.8. The van der Waals surface area contributed by atoms with Gasteiger partial charge < -0.3 is 5.32 Å². The lowest BCUT2D eigenvalue weighted by atomic mass is 9.73. The van der Waals surface area contributed by atoms with E-state index in [1.54, 1.807) is 6.20 Å². The van der Waals surface area contributed by atoms with Crippen LogP contribution in [0.1, 0.15) is 43.3 Å². The molecule has 1 aliphatic carbocycles. The molecule has 0 fully saturated rings. The van der Waals surface area contributed by atoms with E-state index in [0.29, 0.717) is 0 Å². The summed E-state index contributed by atoms with van der Waals surface area (Å²) >= 11 is 5.67. The summed E-state index contributed by atoms with van der Waals surface area (Å²) in [5.74, 6) is 0.627. The number of aryl methyl sites for hydroxylation is 1. The van der Waals surface area contributed by atoms with Crippen LogP contribution in [0.15, 0.2) is 24.4 Å². The molecule has 6 heteroatoms. The largest absolute Gasteiger partial charge is 0.348 e. The summed E-state index contributed by atoms with van der Waals surface area (Å²) in [4.78, 5) is 16.2. The Hall–Kier alpha value is -1.88. The average molecular weight is 333 g/mol. The highest BCUT2D eigenvalue weighted by atomic mass is 35.5. The minimum absolute atomic E-state index is 0.0281. The highest BCUT2D eigenvalue weighted by Crippen LogP contribution is 2.42.